The molecule has 3 rings (SSSR count). The molecule has 0 bridgehead atoms. The molecule has 4 unspecified atom stereocenters. The van der Waals surface area contributed by atoms with E-state index < -0.39 is 0 Å². The monoisotopic (exact) mass is 134 g/mol. The highest BCUT2D eigenvalue weighted by atomic mass is 16.3. The topological polar surface area (TPSA) is 20.2 Å². The van der Waals surface area contributed by atoms with E-state index >= 15 is 0 Å². The second-order valence-electron chi connectivity index (χ2n) is 3.57. The van der Waals surface area contributed by atoms with Crippen molar-refractivity contribution in [1.29, 1.82) is 0 Å². The van der Waals surface area contributed by atoms with E-state index in [1.807, 2.05) is 6.08 Å². The first-order chi connectivity index (χ1) is 4.88. The average molecular weight is 134 g/mol. The van der Waals surface area contributed by atoms with E-state index in [9.17, 15) is 5.11 Å². The first kappa shape index (κ1) is 5.14. The van der Waals surface area contributed by atoms with Crippen molar-refractivity contribution < 1.29 is 5.11 Å². The lowest BCUT2D eigenvalue weighted by atomic mass is 9.94. The van der Waals surface area contributed by atoms with Crippen molar-refractivity contribution in [3.8, 4) is 0 Å². The van der Waals surface area contributed by atoms with Crippen LogP contribution in [-0.2, 0) is 0 Å². The summed E-state index contributed by atoms with van der Waals surface area (Å²) in [4.78, 5) is 0. The Morgan fingerprint density at radius 1 is 0.900 bits per heavy atom. The number of hydrogen-bond donors (Lipinski definition) is 1. The van der Waals surface area contributed by atoms with Crippen LogP contribution in [0.25, 0.3) is 0 Å². The van der Waals surface area contributed by atoms with Crippen LogP contribution in [0.4, 0.5) is 0 Å². The van der Waals surface area contributed by atoms with E-state index in [0.29, 0.717) is 11.8 Å². The molecule has 0 spiro atoms. The predicted molar refractivity (Wildman–Crippen MR) is 38.2 cm³/mol. The van der Waals surface area contributed by atoms with Crippen LogP contribution < -0.4 is 0 Å². The van der Waals surface area contributed by atoms with Gasteiger partial charge < -0.3 is 5.11 Å². The summed E-state index contributed by atoms with van der Waals surface area (Å²) in [5, 5.41) is 9.42. The van der Waals surface area contributed by atoms with Gasteiger partial charge in [-0.25, -0.2) is 0 Å². The van der Waals surface area contributed by atoms with E-state index in [4.69, 9.17) is 0 Å². The van der Waals surface area contributed by atoms with Crippen LogP contribution in [0.1, 0.15) is 0 Å². The Balaban J connectivity index is 2.05. The van der Waals surface area contributed by atoms with E-state index in [2.05, 4.69) is 18.2 Å². The molecule has 0 aliphatic heterocycles. The SMILES string of the molecule is O[C@@H]1C=CC2C=CC3C2C31. The second-order valence-corrected chi connectivity index (χ2v) is 3.57. The Kier molecular flexibility index (Phi) is 0.706. The molecular formula is C9H10O. The van der Waals surface area contributed by atoms with Gasteiger partial charge in [0.2, 0.25) is 0 Å². The highest BCUT2D eigenvalue weighted by Gasteiger charge is 2.58. The number of allylic oxidation sites excluding steroid dienone is 3. The van der Waals surface area contributed by atoms with Gasteiger partial charge in [-0.1, -0.05) is 24.3 Å². The molecule has 1 fully saturated rings. The molecule has 0 amide bonds. The fourth-order valence-electron chi connectivity index (χ4n) is 2.56. The van der Waals surface area contributed by atoms with Gasteiger partial charge in [-0.05, 0) is 23.7 Å². The van der Waals surface area contributed by atoms with Crippen molar-refractivity contribution >= 4 is 0 Å². The third kappa shape index (κ3) is 0.410. The summed E-state index contributed by atoms with van der Waals surface area (Å²) in [6.45, 7) is 0. The maximum Gasteiger partial charge on any atom is 0.0758 e. The summed E-state index contributed by atoms with van der Waals surface area (Å²) in [6, 6.07) is 0. The summed E-state index contributed by atoms with van der Waals surface area (Å²) in [7, 11) is 0. The normalized spacial score (nSPS) is 60.7. The molecule has 0 radical (unpaired) electrons. The van der Waals surface area contributed by atoms with Gasteiger partial charge in [0.05, 0.1) is 6.10 Å². The minimum atomic E-state index is -0.142. The van der Waals surface area contributed by atoms with E-state index in [0.717, 1.165) is 11.8 Å². The molecule has 0 heterocycles. The van der Waals surface area contributed by atoms with Gasteiger partial charge in [0.1, 0.15) is 0 Å². The van der Waals surface area contributed by atoms with E-state index in [1.165, 1.54) is 0 Å². The summed E-state index contributed by atoms with van der Waals surface area (Å²) < 4.78 is 0. The molecule has 3 aliphatic rings. The summed E-state index contributed by atoms with van der Waals surface area (Å²) in [6.07, 6.45) is 8.50. The highest BCUT2D eigenvalue weighted by molar-refractivity contribution is 5.31. The van der Waals surface area contributed by atoms with Crippen LogP contribution in [-0.4, -0.2) is 11.2 Å². The fourth-order valence-corrected chi connectivity index (χ4v) is 2.56. The molecule has 52 valence electrons. The number of rotatable bonds is 0. The number of aliphatic hydroxyl groups is 1. The third-order valence-corrected chi connectivity index (χ3v) is 3.12. The van der Waals surface area contributed by atoms with Crippen molar-refractivity contribution in [3.05, 3.63) is 24.3 Å². The Labute approximate surface area is 60.1 Å². The largest absolute Gasteiger partial charge is 0.389 e. The highest BCUT2D eigenvalue weighted by Crippen LogP contribution is 2.60. The molecular weight excluding hydrogens is 124 g/mol. The van der Waals surface area contributed by atoms with Gasteiger partial charge in [-0.15, -0.1) is 0 Å². The molecule has 1 N–H and O–H groups in total. The lowest BCUT2D eigenvalue weighted by molar-refractivity contribution is 0.180. The van der Waals surface area contributed by atoms with Gasteiger partial charge >= 0.3 is 0 Å². The van der Waals surface area contributed by atoms with Crippen LogP contribution in [0, 0.1) is 23.7 Å². The molecule has 1 nitrogen and oxygen atoms in total. The van der Waals surface area contributed by atoms with Crippen molar-refractivity contribution in [3.63, 3.8) is 0 Å². The van der Waals surface area contributed by atoms with Crippen LogP contribution in [0.3, 0.4) is 0 Å². The number of fused-ring (bicyclic) bond motifs is 1. The van der Waals surface area contributed by atoms with Gasteiger partial charge in [0, 0.05) is 0 Å². The number of aliphatic hydroxyl groups excluding tert-OH is 1. The van der Waals surface area contributed by atoms with E-state index in [1.54, 1.807) is 0 Å². The van der Waals surface area contributed by atoms with Crippen molar-refractivity contribution in [2.75, 3.05) is 0 Å². The fraction of sp³-hybridized carbons (Fsp3) is 0.556. The van der Waals surface area contributed by atoms with Crippen LogP contribution >= 0.6 is 0 Å². The molecule has 10 heavy (non-hydrogen) atoms. The molecule has 0 aromatic carbocycles. The van der Waals surface area contributed by atoms with Crippen LogP contribution in [0.15, 0.2) is 24.3 Å². The average Bonchev–Trinajstić information content (AvgIpc) is 2.51. The molecule has 5 atom stereocenters. The van der Waals surface area contributed by atoms with Crippen molar-refractivity contribution in [1.82, 2.24) is 0 Å². The predicted octanol–water partition coefficient (Wildman–Crippen LogP) is 0.965. The van der Waals surface area contributed by atoms with E-state index in [-0.39, 0.29) is 6.10 Å². The Morgan fingerprint density at radius 3 is 2.50 bits per heavy atom. The zero-order valence-corrected chi connectivity index (χ0v) is 5.64. The third-order valence-electron chi connectivity index (χ3n) is 3.12. The lowest BCUT2D eigenvalue weighted by Crippen LogP contribution is -2.15. The van der Waals surface area contributed by atoms with Crippen LogP contribution in [0.2, 0.25) is 0 Å². The maximum absolute atomic E-state index is 9.42. The molecule has 0 aromatic heterocycles. The standard InChI is InChI=1S/C9H10O/c10-7-4-2-5-1-3-6-8(5)9(6)7/h1-10H/t5?,6?,7-,8?,9?/m1/s1. The van der Waals surface area contributed by atoms with Gasteiger partial charge in [0.15, 0.2) is 0 Å². The Hall–Kier alpha value is -0.560. The number of hydrogen-bond acceptors (Lipinski definition) is 1. The van der Waals surface area contributed by atoms with Crippen molar-refractivity contribution in [2.24, 2.45) is 23.7 Å². The van der Waals surface area contributed by atoms with Crippen LogP contribution in [0.5, 0.6) is 0 Å². The zero-order chi connectivity index (χ0) is 6.72. The molecule has 1 heteroatoms. The quantitative estimate of drug-likeness (QED) is 0.489. The summed E-state index contributed by atoms with van der Waals surface area (Å²) in [5.74, 6) is 2.74. The second kappa shape index (κ2) is 1.37. The Bertz CT molecular complexity index is 229. The zero-order valence-electron chi connectivity index (χ0n) is 5.64. The maximum atomic E-state index is 9.42. The lowest BCUT2D eigenvalue weighted by Gasteiger charge is -2.15. The summed E-state index contributed by atoms with van der Waals surface area (Å²) in [5.41, 5.74) is 0. The molecule has 3 aliphatic carbocycles. The van der Waals surface area contributed by atoms with Gasteiger partial charge in [-0.2, -0.15) is 0 Å². The molecule has 0 aromatic rings. The minimum Gasteiger partial charge on any atom is -0.389 e. The summed E-state index contributed by atoms with van der Waals surface area (Å²) >= 11 is 0. The first-order valence-corrected chi connectivity index (χ1v) is 3.92. The minimum absolute atomic E-state index is 0.142. The van der Waals surface area contributed by atoms with Gasteiger partial charge in [-0.3, -0.25) is 0 Å². The smallest absolute Gasteiger partial charge is 0.0758 e. The Morgan fingerprint density at radius 2 is 1.70 bits per heavy atom. The van der Waals surface area contributed by atoms with Gasteiger partial charge in [0.25, 0.3) is 0 Å². The molecule has 1 saturated carbocycles. The first-order valence-electron chi connectivity index (χ1n) is 3.92. The molecule has 0 saturated heterocycles. The van der Waals surface area contributed by atoms with Crippen molar-refractivity contribution in [2.45, 2.75) is 6.10 Å².